The highest BCUT2D eigenvalue weighted by Crippen LogP contribution is 2.18. The number of benzene rings is 1. The van der Waals surface area contributed by atoms with E-state index in [1.807, 2.05) is 0 Å². The summed E-state index contributed by atoms with van der Waals surface area (Å²) in [6, 6.07) is 8.87. The predicted octanol–water partition coefficient (Wildman–Crippen LogP) is 2.97. The standard InChI is InChI=1S/C15H22N2/c1-12-4-9-15(16-10-12)14-7-5-13(6-8-14)11-17(2)3/h5-8,12H,4,9-11H2,1-3H3. The highest BCUT2D eigenvalue weighted by Gasteiger charge is 2.12. The molecule has 92 valence electrons. The van der Waals surface area contributed by atoms with E-state index in [0.29, 0.717) is 0 Å². The summed E-state index contributed by atoms with van der Waals surface area (Å²) in [7, 11) is 4.20. The van der Waals surface area contributed by atoms with Crippen LogP contribution in [0.4, 0.5) is 0 Å². The van der Waals surface area contributed by atoms with Crippen molar-refractivity contribution in [2.75, 3.05) is 20.6 Å². The van der Waals surface area contributed by atoms with Gasteiger partial charge in [-0.2, -0.15) is 0 Å². The van der Waals surface area contributed by atoms with Crippen molar-refractivity contribution in [1.29, 1.82) is 0 Å². The molecule has 0 saturated carbocycles. The van der Waals surface area contributed by atoms with Crippen molar-refractivity contribution in [2.24, 2.45) is 10.9 Å². The minimum atomic E-state index is 0.756. The van der Waals surface area contributed by atoms with Crippen LogP contribution in [0.3, 0.4) is 0 Å². The van der Waals surface area contributed by atoms with E-state index in [9.17, 15) is 0 Å². The van der Waals surface area contributed by atoms with Crippen LogP contribution in [0.25, 0.3) is 0 Å². The normalized spacial score (nSPS) is 20.5. The van der Waals surface area contributed by atoms with Crippen molar-refractivity contribution in [3.8, 4) is 0 Å². The summed E-state index contributed by atoms with van der Waals surface area (Å²) < 4.78 is 0. The van der Waals surface area contributed by atoms with Gasteiger partial charge in [0.1, 0.15) is 0 Å². The Hall–Kier alpha value is -1.15. The summed E-state index contributed by atoms with van der Waals surface area (Å²) in [5.74, 6) is 0.756. The summed E-state index contributed by atoms with van der Waals surface area (Å²) >= 11 is 0. The van der Waals surface area contributed by atoms with Crippen LogP contribution in [0.2, 0.25) is 0 Å². The molecule has 0 fully saturated rings. The van der Waals surface area contributed by atoms with E-state index in [1.54, 1.807) is 0 Å². The monoisotopic (exact) mass is 230 g/mol. The highest BCUT2D eigenvalue weighted by atomic mass is 15.0. The topological polar surface area (TPSA) is 15.6 Å². The van der Waals surface area contributed by atoms with Gasteiger partial charge in [-0.05, 0) is 44.0 Å². The smallest absolute Gasteiger partial charge is 0.0420 e. The highest BCUT2D eigenvalue weighted by molar-refractivity contribution is 6.00. The van der Waals surface area contributed by atoms with Crippen LogP contribution >= 0.6 is 0 Å². The van der Waals surface area contributed by atoms with E-state index in [2.05, 4.69) is 55.2 Å². The molecule has 2 heteroatoms. The van der Waals surface area contributed by atoms with Crippen LogP contribution in [0.5, 0.6) is 0 Å². The molecular weight excluding hydrogens is 208 g/mol. The van der Waals surface area contributed by atoms with Gasteiger partial charge in [0, 0.05) is 18.8 Å². The third-order valence-electron chi connectivity index (χ3n) is 3.25. The predicted molar refractivity (Wildman–Crippen MR) is 73.6 cm³/mol. The molecule has 0 amide bonds. The minimum absolute atomic E-state index is 0.756. The summed E-state index contributed by atoms with van der Waals surface area (Å²) in [5, 5.41) is 0. The molecule has 0 spiro atoms. The largest absolute Gasteiger partial charge is 0.305 e. The van der Waals surface area contributed by atoms with Crippen LogP contribution in [0, 0.1) is 5.92 Å². The Bertz CT molecular complexity index is 390. The first-order valence-electron chi connectivity index (χ1n) is 6.42. The average molecular weight is 230 g/mol. The third-order valence-corrected chi connectivity index (χ3v) is 3.25. The Morgan fingerprint density at radius 3 is 2.47 bits per heavy atom. The Kier molecular flexibility index (Phi) is 3.95. The molecule has 17 heavy (non-hydrogen) atoms. The number of rotatable bonds is 3. The van der Waals surface area contributed by atoms with E-state index < -0.39 is 0 Å². The second-order valence-corrected chi connectivity index (χ2v) is 5.37. The van der Waals surface area contributed by atoms with E-state index >= 15 is 0 Å². The fourth-order valence-electron chi connectivity index (χ4n) is 2.22. The Morgan fingerprint density at radius 1 is 1.24 bits per heavy atom. The third kappa shape index (κ3) is 3.40. The van der Waals surface area contributed by atoms with Gasteiger partial charge in [-0.25, -0.2) is 0 Å². The summed E-state index contributed by atoms with van der Waals surface area (Å²) in [4.78, 5) is 6.87. The molecule has 1 aliphatic rings. The van der Waals surface area contributed by atoms with Gasteiger partial charge in [-0.3, -0.25) is 4.99 Å². The van der Waals surface area contributed by atoms with E-state index in [1.165, 1.54) is 23.3 Å². The molecule has 0 aromatic heterocycles. The fraction of sp³-hybridized carbons (Fsp3) is 0.533. The molecule has 1 heterocycles. The zero-order valence-corrected chi connectivity index (χ0v) is 11.1. The summed E-state index contributed by atoms with van der Waals surface area (Å²) in [5.41, 5.74) is 3.96. The van der Waals surface area contributed by atoms with Gasteiger partial charge in [-0.1, -0.05) is 31.2 Å². The van der Waals surface area contributed by atoms with Gasteiger partial charge < -0.3 is 4.90 Å². The molecule has 0 radical (unpaired) electrons. The van der Waals surface area contributed by atoms with Crippen LogP contribution in [-0.4, -0.2) is 31.3 Å². The lowest BCUT2D eigenvalue weighted by molar-refractivity contribution is 0.402. The van der Waals surface area contributed by atoms with Crippen LogP contribution in [0.1, 0.15) is 30.9 Å². The van der Waals surface area contributed by atoms with Gasteiger partial charge in [0.05, 0.1) is 0 Å². The second-order valence-electron chi connectivity index (χ2n) is 5.37. The molecule has 2 rings (SSSR count). The quantitative estimate of drug-likeness (QED) is 0.779. The maximum Gasteiger partial charge on any atom is 0.0420 e. The van der Waals surface area contributed by atoms with E-state index in [-0.39, 0.29) is 0 Å². The first kappa shape index (κ1) is 12.3. The Labute approximate surface area is 104 Å². The molecule has 1 unspecified atom stereocenters. The lowest BCUT2D eigenvalue weighted by Gasteiger charge is -2.18. The molecule has 1 aromatic carbocycles. The van der Waals surface area contributed by atoms with Crippen molar-refractivity contribution >= 4 is 5.71 Å². The molecular formula is C15H22N2. The van der Waals surface area contributed by atoms with Gasteiger partial charge in [0.25, 0.3) is 0 Å². The van der Waals surface area contributed by atoms with E-state index in [4.69, 9.17) is 0 Å². The molecule has 1 atom stereocenters. The van der Waals surface area contributed by atoms with Crippen LogP contribution in [0.15, 0.2) is 29.3 Å². The van der Waals surface area contributed by atoms with Crippen molar-refractivity contribution in [3.05, 3.63) is 35.4 Å². The first-order chi connectivity index (χ1) is 8.15. The number of nitrogens with zero attached hydrogens (tertiary/aromatic N) is 2. The second kappa shape index (κ2) is 5.46. The van der Waals surface area contributed by atoms with Gasteiger partial charge >= 0.3 is 0 Å². The molecule has 0 aliphatic carbocycles. The van der Waals surface area contributed by atoms with Crippen molar-refractivity contribution in [1.82, 2.24) is 4.90 Å². The maximum absolute atomic E-state index is 4.68. The van der Waals surface area contributed by atoms with Crippen LogP contribution in [-0.2, 0) is 6.54 Å². The van der Waals surface area contributed by atoms with Crippen molar-refractivity contribution < 1.29 is 0 Å². The van der Waals surface area contributed by atoms with Gasteiger partial charge in [0.2, 0.25) is 0 Å². The lowest BCUT2D eigenvalue weighted by atomic mass is 9.95. The Balaban J connectivity index is 2.07. The van der Waals surface area contributed by atoms with Gasteiger partial charge in [0.15, 0.2) is 0 Å². The fourth-order valence-corrected chi connectivity index (χ4v) is 2.22. The SMILES string of the molecule is CC1CCC(c2ccc(CN(C)C)cc2)=NC1. The zero-order chi connectivity index (χ0) is 12.3. The molecule has 1 aliphatic heterocycles. The minimum Gasteiger partial charge on any atom is -0.305 e. The average Bonchev–Trinajstić information content (AvgIpc) is 2.30. The van der Waals surface area contributed by atoms with Crippen LogP contribution < -0.4 is 0 Å². The van der Waals surface area contributed by atoms with Gasteiger partial charge in [-0.15, -0.1) is 0 Å². The molecule has 1 aromatic rings. The molecule has 0 N–H and O–H groups in total. The van der Waals surface area contributed by atoms with Crippen molar-refractivity contribution in [2.45, 2.75) is 26.3 Å². The number of aliphatic imine (C=N–C) groups is 1. The Morgan fingerprint density at radius 2 is 1.94 bits per heavy atom. The van der Waals surface area contributed by atoms with E-state index in [0.717, 1.165) is 25.4 Å². The molecule has 2 nitrogen and oxygen atoms in total. The number of hydrogen-bond acceptors (Lipinski definition) is 2. The number of hydrogen-bond donors (Lipinski definition) is 0. The molecule has 0 saturated heterocycles. The summed E-state index contributed by atoms with van der Waals surface area (Å²) in [6.07, 6.45) is 2.41. The maximum atomic E-state index is 4.68. The zero-order valence-electron chi connectivity index (χ0n) is 11.1. The lowest BCUT2D eigenvalue weighted by Crippen LogP contribution is -2.14. The molecule has 0 bridgehead atoms. The first-order valence-corrected chi connectivity index (χ1v) is 6.42. The summed E-state index contributed by atoms with van der Waals surface area (Å²) in [6.45, 7) is 4.28. The van der Waals surface area contributed by atoms with Crippen molar-refractivity contribution in [3.63, 3.8) is 0 Å².